The number of ether oxygens (including phenoxy) is 1. The molecular weight excluding hydrogens is 294 g/mol. The summed E-state index contributed by atoms with van der Waals surface area (Å²) in [7, 11) is -2.27. The molecule has 2 fully saturated rings. The van der Waals surface area contributed by atoms with Crippen LogP contribution in [0.25, 0.3) is 0 Å². The van der Waals surface area contributed by atoms with E-state index in [-0.39, 0.29) is 17.5 Å². The number of amides is 1. The van der Waals surface area contributed by atoms with E-state index in [1.807, 2.05) is 0 Å². The van der Waals surface area contributed by atoms with Crippen LogP contribution < -0.4 is 9.46 Å². The van der Waals surface area contributed by atoms with Gasteiger partial charge in [-0.2, -0.15) is 0 Å². The molecule has 2 saturated carbocycles. The van der Waals surface area contributed by atoms with Crippen molar-refractivity contribution in [3.05, 3.63) is 18.1 Å². The van der Waals surface area contributed by atoms with Gasteiger partial charge in [-0.05, 0) is 31.1 Å². The normalized spacial score (nSPS) is 27.6. The van der Waals surface area contributed by atoms with Crippen LogP contribution in [0.1, 0.15) is 36.2 Å². The highest BCUT2D eigenvalue weighted by Crippen LogP contribution is 2.47. The molecule has 21 heavy (non-hydrogen) atoms. The first-order valence-corrected chi connectivity index (χ1v) is 8.46. The van der Waals surface area contributed by atoms with Crippen LogP contribution in [-0.4, -0.2) is 36.7 Å². The lowest BCUT2D eigenvalue weighted by Gasteiger charge is -2.21. The fraction of sp³-hybridized carbons (Fsp3) is 0.615. The Morgan fingerprint density at radius 3 is 2.76 bits per heavy atom. The molecule has 1 unspecified atom stereocenters. The van der Waals surface area contributed by atoms with Crippen molar-refractivity contribution in [1.29, 1.82) is 0 Å². The van der Waals surface area contributed by atoms with Crippen LogP contribution in [0, 0.1) is 11.8 Å². The van der Waals surface area contributed by atoms with E-state index in [9.17, 15) is 13.2 Å². The van der Waals surface area contributed by atoms with E-state index in [1.54, 1.807) is 0 Å². The highest BCUT2D eigenvalue weighted by molar-refractivity contribution is 7.90. The van der Waals surface area contributed by atoms with Crippen molar-refractivity contribution in [2.45, 2.75) is 30.9 Å². The van der Waals surface area contributed by atoms with Gasteiger partial charge in [-0.3, -0.25) is 9.78 Å². The van der Waals surface area contributed by atoms with Gasteiger partial charge in [-0.25, -0.2) is 18.1 Å². The Balaban J connectivity index is 1.74. The largest absolute Gasteiger partial charge is 0.480 e. The maximum atomic E-state index is 12.3. The van der Waals surface area contributed by atoms with Crippen LogP contribution >= 0.6 is 0 Å². The van der Waals surface area contributed by atoms with E-state index in [1.165, 1.54) is 19.5 Å². The van der Waals surface area contributed by atoms with Crippen LogP contribution in [0.2, 0.25) is 0 Å². The minimum atomic E-state index is -3.67. The van der Waals surface area contributed by atoms with Crippen LogP contribution in [0.15, 0.2) is 12.4 Å². The average Bonchev–Trinajstić information content (AvgIpc) is 3.10. The van der Waals surface area contributed by atoms with Gasteiger partial charge in [0.2, 0.25) is 15.9 Å². The van der Waals surface area contributed by atoms with Crippen LogP contribution in [0.4, 0.5) is 0 Å². The van der Waals surface area contributed by atoms with Crippen molar-refractivity contribution in [3.8, 4) is 5.88 Å². The Bertz CT molecular complexity index is 661. The van der Waals surface area contributed by atoms with Crippen molar-refractivity contribution < 1.29 is 17.9 Å². The number of carbonyl (C=O) groups excluding carboxylic acids is 1. The molecule has 2 aliphatic carbocycles. The lowest BCUT2D eigenvalue weighted by molar-refractivity contribution is 0.0974. The quantitative estimate of drug-likeness (QED) is 0.880. The number of sulfonamides is 1. The molecule has 0 spiro atoms. The maximum Gasteiger partial charge on any atom is 0.285 e. The number of carbonyl (C=O) groups is 1. The van der Waals surface area contributed by atoms with Crippen LogP contribution in [0.3, 0.4) is 0 Å². The molecule has 114 valence electrons. The van der Waals surface area contributed by atoms with Crippen molar-refractivity contribution in [3.63, 3.8) is 0 Å². The summed E-state index contributed by atoms with van der Waals surface area (Å²) in [6, 6.07) is 0. The molecule has 1 N–H and O–H groups in total. The van der Waals surface area contributed by atoms with Gasteiger partial charge in [0, 0.05) is 0 Å². The Morgan fingerprint density at radius 1 is 1.33 bits per heavy atom. The van der Waals surface area contributed by atoms with E-state index in [4.69, 9.17) is 4.74 Å². The zero-order chi connectivity index (χ0) is 15.0. The summed E-state index contributed by atoms with van der Waals surface area (Å²) in [4.78, 5) is 19.7. The van der Waals surface area contributed by atoms with E-state index in [2.05, 4.69) is 14.7 Å². The third kappa shape index (κ3) is 2.72. The fourth-order valence-corrected chi connectivity index (χ4v) is 5.17. The fourth-order valence-electron chi connectivity index (χ4n) is 3.38. The third-order valence-electron chi connectivity index (χ3n) is 4.36. The highest BCUT2D eigenvalue weighted by atomic mass is 32.2. The standard InChI is InChI=1S/C13H17N3O4S/c1-20-12-7-14-6-10(15-12)13(17)16-21(18,19)11-5-8-2-3-9(11)4-8/h6-9,11H,2-5H2,1H3,(H,16,17)/t8-,9+,11?/m1/s1. The number of nitrogens with one attached hydrogen (secondary N) is 1. The molecule has 7 nitrogen and oxygen atoms in total. The topological polar surface area (TPSA) is 98.2 Å². The second-order valence-corrected chi connectivity index (χ2v) is 7.54. The SMILES string of the molecule is COc1cncc(C(=O)NS(=O)(=O)C2C[C@@H]3CC[C@H]2C3)n1. The first kappa shape index (κ1) is 14.2. The zero-order valence-corrected chi connectivity index (χ0v) is 12.5. The van der Waals surface area contributed by atoms with E-state index >= 15 is 0 Å². The van der Waals surface area contributed by atoms with E-state index in [0.717, 1.165) is 19.3 Å². The number of methoxy groups -OCH3 is 1. The number of nitrogens with zero attached hydrogens (tertiary/aromatic N) is 2. The number of aromatic nitrogens is 2. The molecule has 0 aliphatic heterocycles. The smallest absolute Gasteiger partial charge is 0.285 e. The summed E-state index contributed by atoms with van der Waals surface area (Å²) in [6.45, 7) is 0. The number of hydrogen-bond donors (Lipinski definition) is 1. The summed E-state index contributed by atoms with van der Waals surface area (Å²) < 4.78 is 31.7. The molecule has 1 aromatic heterocycles. The Kier molecular flexibility index (Phi) is 3.56. The van der Waals surface area contributed by atoms with Gasteiger partial charge in [-0.1, -0.05) is 6.42 Å². The molecule has 0 radical (unpaired) electrons. The molecule has 8 heteroatoms. The zero-order valence-electron chi connectivity index (χ0n) is 11.7. The summed E-state index contributed by atoms with van der Waals surface area (Å²) in [5, 5.41) is -0.459. The average molecular weight is 311 g/mol. The lowest BCUT2D eigenvalue weighted by atomic mass is 10.0. The van der Waals surface area contributed by atoms with Gasteiger partial charge in [0.05, 0.1) is 24.8 Å². The van der Waals surface area contributed by atoms with Crippen LogP contribution in [0.5, 0.6) is 5.88 Å². The van der Waals surface area contributed by atoms with Crippen LogP contribution in [-0.2, 0) is 10.0 Å². The van der Waals surface area contributed by atoms with Crippen molar-refractivity contribution in [2.24, 2.45) is 11.8 Å². The van der Waals surface area contributed by atoms with Gasteiger partial charge in [0.15, 0.2) is 5.69 Å². The molecule has 2 aliphatic rings. The van der Waals surface area contributed by atoms with Gasteiger partial charge in [-0.15, -0.1) is 0 Å². The summed E-state index contributed by atoms with van der Waals surface area (Å²) in [5.41, 5.74) is -0.0684. The van der Waals surface area contributed by atoms with Crippen molar-refractivity contribution in [1.82, 2.24) is 14.7 Å². The molecule has 1 heterocycles. The van der Waals surface area contributed by atoms with Gasteiger partial charge < -0.3 is 4.74 Å². The Hall–Kier alpha value is -1.70. The molecule has 1 amide bonds. The highest BCUT2D eigenvalue weighted by Gasteiger charge is 2.46. The predicted molar refractivity (Wildman–Crippen MR) is 74.2 cm³/mol. The second kappa shape index (κ2) is 5.25. The van der Waals surface area contributed by atoms with E-state index in [0.29, 0.717) is 12.3 Å². The Labute approximate surface area is 123 Å². The number of rotatable bonds is 4. The van der Waals surface area contributed by atoms with Gasteiger partial charge >= 0.3 is 0 Å². The molecule has 3 rings (SSSR count). The third-order valence-corrected chi connectivity index (χ3v) is 6.21. The first-order valence-electron chi connectivity index (χ1n) is 6.91. The van der Waals surface area contributed by atoms with Crippen molar-refractivity contribution in [2.75, 3.05) is 7.11 Å². The molecule has 0 saturated heterocycles. The molecular formula is C13H17N3O4S. The summed E-state index contributed by atoms with van der Waals surface area (Å²) in [5.74, 6) is 0.0733. The lowest BCUT2D eigenvalue weighted by Crippen LogP contribution is -2.41. The molecule has 2 bridgehead atoms. The molecule has 1 aromatic rings. The summed E-state index contributed by atoms with van der Waals surface area (Å²) in [6.07, 6.45) is 6.21. The predicted octanol–water partition coefficient (Wildman–Crippen LogP) is 0.733. The summed E-state index contributed by atoms with van der Waals surface area (Å²) >= 11 is 0. The minimum absolute atomic E-state index is 0.0684. The van der Waals surface area contributed by atoms with Crippen molar-refractivity contribution >= 4 is 15.9 Å². The number of fused-ring (bicyclic) bond motifs is 2. The number of hydrogen-bond acceptors (Lipinski definition) is 6. The van der Waals surface area contributed by atoms with Gasteiger partial charge in [0.1, 0.15) is 0 Å². The molecule has 3 atom stereocenters. The first-order chi connectivity index (χ1) is 9.99. The molecule has 0 aromatic carbocycles. The second-order valence-electron chi connectivity index (χ2n) is 5.64. The minimum Gasteiger partial charge on any atom is -0.480 e. The van der Waals surface area contributed by atoms with Gasteiger partial charge in [0.25, 0.3) is 5.91 Å². The monoisotopic (exact) mass is 311 g/mol. The Morgan fingerprint density at radius 2 is 2.14 bits per heavy atom. The van der Waals surface area contributed by atoms with E-state index < -0.39 is 21.2 Å². The maximum absolute atomic E-state index is 12.3.